The molecule has 0 aromatic heterocycles. The van der Waals surface area contributed by atoms with Gasteiger partial charge in [0.15, 0.2) is 0 Å². The Labute approximate surface area is 164 Å². The number of anilines is 1. The van der Waals surface area contributed by atoms with Crippen molar-refractivity contribution in [2.45, 2.75) is 19.8 Å². The second-order valence-corrected chi connectivity index (χ2v) is 6.36. The van der Waals surface area contributed by atoms with E-state index in [2.05, 4.69) is 11.4 Å². The number of ether oxygens (including phenoxy) is 2. The van der Waals surface area contributed by atoms with Crippen molar-refractivity contribution in [3.63, 3.8) is 0 Å². The van der Waals surface area contributed by atoms with Gasteiger partial charge in [-0.05, 0) is 41.5 Å². The van der Waals surface area contributed by atoms with E-state index in [0.29, 0.717) is 19.8 Å². The van der Waals surface area contributed by atoms with E-state index < -0.39 is 5.97 Å². The molecule has 5 heteroatoms. The summed E-state index contributed by atoms with van der Waals surface area (Å²) in [4.78, 5) is 10.9. The minimum atomic E-state index is -0.924. The van der Waals surface area contributed by atoms with Crippen LogP contribution in [0.1, 0.15) is 27.0 Å². The molecule has 0 heterocycles. The molecule has 0 amide bonds. The van der Waals surface area contributed by atoms with E-state index in [1.54, 1.807) is 31.4 Å². The van der Waals surface area contributed by atoms with E-state index in [1.165, 1.54) is 0 Å². The van der Waals surface area contributed by atoms with Crippen molar-refractivity contribution in [2.75, 3.05) is 12.4 Å². The number of hydrogen-bond donors (Lipinski definition) is 2. The van der Waals surface area contributed by atoms with E-state index in [9.17, 15) is 4.79 Å². The Morgan fingerprint density at radius 1 is 0.929 bits per heavy atom. The Morgan fingerprint density at radius 3 is 2.43 bits per heavy atom. The lowest BCUT2D eigenvalue weighted by molar-refractivity contribution is 0.0697. The first-order chi connectivity index (χ1) is 13.7. The number of nitrogens with one attached hydrogen (secondary N) is 1. The van der Waals surface area contributed by atoms with E-state index >= 15 is 0 Å². The molecule has 3 aromatic rings. The molecule has 0 radical (unpaired) electrons. The lowest BCUT2D eigenvalue weighted by Crippen LogP contribution is -2.02. The molecule has 2 N–H and O–H groups in total. The van der Waals surface area contributed by atoms with Gasteiger partial charge in [0, 0.05) is 17.8 Å². The van der Waals surface area contributed by atoms with Gasteiger partial charge in [-0.1, -0.05) is 42.5 Å². The summed E-state index contributed by atoms with van der Waals surface area (Å²) in [6.45, 7) is 1.65. The summed E-state index contributed by atoms with van der Waals surface area (Å²) in [6, 6.07) is 22.7. The van der Waals surface area contributed by atoms with Crippen LogP contribution in [-0.2, 0) is 24.5 Å². The van der Waals surface area contributed by atoms with Crippen molar-refractivity contribution in [3.8, 4) is 5.75 Å². The summed E-state index contributed by atoms with van der Waals surface area (Å²) < 4.78 is 11.2. The van der Waals surface area contributed by atoms with Gasteiger partial charge in [0.2, 0.25) is 0 Å². The monoisotopic (exact) mass is 377 g/mol. The first-order valence-corrected chi connectivity index (χ1v) is 9.00. The van der Waals surface area contributed by atoms with Gasteiger partial charge in [0.25, 0.3) is 0 Å². The molecule has 144 valence electrons. The minimum Gasteiger partial charge on any atom is -0.496 e. The summed E-state index contributed by atoms with van der Waals surface area (Å²) in [7, 11) is 1.66. The average molecular weight is 377 g/mol. The van der Waals surface area contributed by atoms with Gasteiger partial charge >= 0.3 is 5.97 Å². The highest BCUT2D eigenvalue weighted by molar-refractivity contribution is 5.87. The van der Waals surface area contributed by atoms with Crippen LogP contribution in [-0.4, -0.2) is 18.2 Å². The molecule has 0 fully saturated rings. The fourth-order valence-electron chi connectivity index (χ4n) is 2.87. The number of carboxylic acid groups (broad SMARTS) is 1. The highest BCUT2D eigenvalue weighted by Gasteiger charge is 2.04. The van der Waals surface area contributed by atoms with Crippen LogP contribution in [0.3, 0.4) is 0 Å². The van der Waals surface area contributed by atoms with Crippen LogP contribution in [0.4, 0.5) is 5.69 Å². The largest absolute Gasteiger partial charge is 0.496 e. The van der Waals surface area contributed by atoms with Crippen molar-refractivity contribution in [2.24, 2.45) is 0 Å². The summed E-state index contributed by atoms with van der Waals surface area (Å²) in [6.07, 6.45) is 0. The van der Waals surface area contributed by atoms with Crippen LogP contribution in [0.25, 0.3) is 0 Å². The van der Waals surface area contributed by atoms with Gasteiger partial charge in [0.05, 0.1) is 25.9 Å². The maximum absolute atomic E-state index is 10.9. The molecule has 0 aliphatic carbocycles. The molecule has 0 saturated carbocycles. The van der Waals surface area contributed by atoms with Crippen LogP contribution in [0.15, 0.2) is 72.8 Å². The molecular formula is C23H23NO4. The Morgan fingerprint density at radius 2 is 1.68 bits per heavy atom. The molecule has 3 aromatic carbocycles. The number of carbonyl (C=O) groups is 1. The molecule has 0 spiro atoms. The van der Waals surface area contributed by atoms with Crippen molar-refractivity contribution in [1.29, 1.82) is 0 Å². The van der Waals surface area contributed by atoms with Gasteiger partial charge < -0.3 is 19.9 Å². The maximum atomic E-state index is 10.9. The Kier molecular flexibility index (Phi) is 6.65. The fourth-order valence-corrected chi connectivity index (χ4v) is 2.87. The third-order valence-electron chi connectivity index (χ3n) is 4.34. The van der Waals surface area contributed by atoms with Gasteiger partial charge in [-0.2, -0.15) is 0 Å². The highest BCUT2D eigenvalue weighted by atomic mass is 16.5. The van der Waals surface area contributed by atoms with Gasteiger partial charge in [-0.25, -0.2) is 4.79 Å². The maximum Gasteiger partial charge on any atom is 0.335 e. The number of benzene rings is 3. The average Bonchev–Trinajstić information content (AvgIpc) is 2.73. The summed E-state index contributed by atoms with van der Waals surface area (Å²) in [5.41, 5.74) is 4.39. The SMILES string of the molecule is COc1ccccc1COCc1cccc(CNc2ccc(C(=O)O)cc2)c1. The number of para-hydroxylation sites is 1. The molecule has 0 aliphatic heterocycles. The van der Waals surface area contributed by atoms with E-state index in [4.69, 9.17) is 14.6 Å². The van der Waals surface area contributed by atoms with Gasteiger partial charge in [-0.15, -0.1) is 0 Å². The first kappa shape index (κ1) is 19.5. The van der Waals surface area contributed by atoms with Crippen LogP contribution < -0.4 is 10.1 Å². The number of methoxy groups -OCH3 is 1. The van der Waals surface area contributed by atoms with Crippen molar-refractivity contribution < 1.29 is 19.4 Å². The smallest absolute Gasteiger partial charge is 0.335 e. The third kappa shape index (κ3) is 5.34. The summed E-state index contributed by atoms with van der Waals surface area (Å²) in [5.74, 6) is -0.0956. The topological polar surface area (TPSA) is 67.8 Å². The Balaban J connectivity index is 1.53. The zero-order valence-corrected chi connectivity index (χ0v) is 15.7. The molecule has 3 rings (SSSR count). The lowest BCUT2D eigenvalue weighted by Gasteiger charge is -2.11. The number of aromatic carboxylic acids is 1. The predicted octanol–water partition coefficient (Wildman–Crippen LogP) is 4.72. The highest BCUT2D eigenvalue weighted by Crippen LogP contribution is 2.19. The van der Waals surface area contributed by atoms with E-state index in [0.717, 1.165) is 28.1 Å². The first-order valence-electron chi connectivity index (χ1n) is 9.00. The Bertz CT molecular complexity index is 922. The summed E-state index contributed by atoms with van der Waals surface area (Å²) >= 11 is 0. The Hall–Kier alpha value is -3.31. The normalized spacial score (nSPS) is 10.5. The lowest BCUT2D eigenvalue weighted by atomic mass is 10.1. The quantitative estimate of drug-likeness (QED) is 0.565. The molecular weight excluding hydrogens is 354 g/mol. The van der Waals surface area contributed by atoms with Crippen LogP contribution in [0.5, 0.6) is 5.75 Å². The second kappa shape index (κ2) is 9.58. The second-order valence-electron chi connectivity index (χ2n) is 6.36. The van der Waals surface area contributed by atoms with Gasteiger partial charge in [0.1, 0.15) is 5.75 Å². The van der Waals surface area contributed by atoms with E-state index in [1.807, 2.05) is 42.5 Å². The van der Waals surface area contributed by atoms with Crippen LogP contribution in [0.2, 0.25) is 0 Å². The minimum absolute atomic E-state index is 0.278. The van der Waals surface area contributed by atoms with Gasteiger partial charge in [-0.3, -0.25) is 0 Å². The molecule has 0 atom stereocenters. The predicted molar refractivity (Wildman–Crippen MR) is 109 cm³/mol. The summed E-state index contributed by atoms with van der Waals surface area (Å²) in [5, 5.41) is 12.2. The number of rotatable bonds is 9. The zero-order valence-electron chi connectivity index (χ0n) is 15.7. The van der Waals surface area contributed by atoms with Crippen LogP contribution >= 0.6 is 0 Å². The van der Waals surface area contributed by atoms with Crippen molar-refractivity contribution >= 4 is 11.7 Å². The fraction of sp³-hybridized carbons (Fsp3) is 0.174. The third-order valence-corrected chi connectivity index (χ3v) is 4.34. The zero-order chi connectivity index (χ0) is 19.8. The number of carboxylic acids is 1. The molecule has 0 bridgehead atoms. The molecule has 28 heavy (non-hydrogen) atoms. The molecule has 5 nitrogen and oxygen atoms in total. The molecule has 0 aliphatic rings. The van der Waals surface area contributed by atoms with Crippen molar-refractivity contribution in [3.05, 3.63) is 95.1 Å². The molecule has 0 saturated heterocycles. The molecule has 0 unspecified atom stereocenters. The number of hydrogen-bond acceptors (Lipinski definition) is 4. The van der Waals surface area contributed by atoms with Crippen molar-refractivity contribution in [1.82, 2.24) is 0 Å². The van der Waals surface area contributed by atoms with E-state index in [-0.39, 0.29) is 5.56 Å². The standard InChI is InChI=1S/C23H23NO4/c1-27-22-8-3-2-7-20(22)16-28-15-18-6-4-5-17(13-18)14-24-21-11-9-19(10-12-21)23(25)26/h2-13,24H,14-16H2,1H3,(H,25,26). The van der Waals surface area contributed by atoms with Crippen LogP contribution in [0, 0.1) is 0 Å².